The Hall–Kier alpha value is -1.59. The Bertz CT molecular complexity index is 709. The highest BCUT2D eigenvalue weighted by atomic mass is 35.5. The van der Waals surface area contributed by atoms with Crippen LogP contribution in [-0.2, 0) is 4.79 Å². The zero-order valence-electron chi connectivity index (χ0n) is 16.0. The number of hydrogen-bond acceptors (Lipinski definition) is 3. The molecule has 0 radical (unpaired) electrons. The fourth-order valence-corrected chi connectivity index (χ4v) is 4.70. The topological polar surface area (TPSA) is 70.2 Å². The number of nitrogens with one attached hydrogen (secondary N) is 3. The van der Waals surface area contributed by atoms with Crippen molar-refractivity contribution in [3.05, 3.63) is 29.3 Å². The molecule has 0 bridgehead atoms. The molecular formula is C21H30ClN3O2. The number of anilines is 1. The van der Waals surface area contributed by atoms with Crippen LogP contribution in [0.1, 0.15) is 60.9 Å². The highest BCUT2D eigenvalue weighted by Gasteiger charge is 2.57. The Morgan fingerprint density at radius 2 is 1.85 bits per heavy atom. The molecule has 1 saturated heterocycles. The maximum Gasteiger partial charge on any atom is 0.251 e. The number of carbonyl (C=O) groups is 2. The van der Waals surface area contributed by atoms with Gasteiger partial charge in [-0.05, 0) is 81.3 Å². The lowest BCUT2D eigenvalue weighted by atomic mass is 9.91. The fraction of sp³-hybridized carbons (Fsp3) is 0.619. The molecule has 1 aromatic rings. The number of amides is 2. The third-order valence-electron chi connectivity index (χ3n) is 6.54. The van der Waals surface area contributed by atoms with Crippen LogP contribution in [0.25, 0.3) is 0 Å². The van der Waals surface area contributed by atoms with E-state index in [9.17, 15) is 9.59 Å². The third kappa shape index (κ3) is 4.30. The maximum atomic E-state index is 12.6. The minimum Gasteiger partial charge on any atom is -0.349 e. The SMILES string of the molecule is Cc1cc(C(=O)NC2CCCC2)ccc1NC(=O)C1CC12CCNCC2.Cl. The molecule has 1 spiro atoms. The molecule has 2 amide bonds. The first-order valence-electron chi connectivity index (χ1n) is 10.0. The van der Waals surface area contributed by atoms with Crippen molar-refractivity contribution in [1.29, 1.82) is 0 Å². The van der Waals surface area contributed by atoms with Gasteiger partial charge in [-0.2, -0.15) is 0 Å². The van der Waals surface area contributed by atoms with E-state index in [4.69, 9.17) is 0 Å². The Balaban J connectivity index is 0.00000210. The molecule has 3 fully saturated rings. The molecule has 27 heavy (non-hydrogen) atoms. The summed E-state index contributed by atoms with van der Waals surface area (Å²) >= 11 is 0. The van der Waals surface area contributed by atoms with Gasteiger partial charge in [0.1, 0.15) is 0 Å². The smallest absolute Gasteiger partial charge is 0.251 e. The van der Waals surface area contributed by atoms with Crippen molar-refractivity contribution in [2.45, 2.75) is 57.9 Å². The Morgan fingerprint density at radius 3 is 2.52 bits per heavy atom. The lowest BCUT2D eigenvalue weighted by molar-refractivity contribution is -0.118. The van der Waals surface area contributed by atoms with Crippen molar-refractivity contribution in [3.8, 4) is 0 Å². The molecule has 148 valence electrons. The summed E-state index contributed by atoms with van der Waals surface area (Å²) in [5.41, 5.74) is 2.68. The van der Waals surface area contributed by atoms with Gasteiger partial charge in [-0.1, -0.05) is 12.8 Å². The minimum atomic E-state index is -0.00581. The molecule has 4 rings (SSSR count). The second-order valence-electron chi connectivity index (χ2n) is 8.34. The largest absolute Gasteiger partial charge is 0.349 e. The normalized spacial score (nSPS) is 23.5. The highest BCUT2D eigenvalue weighted by Crippen LogP contribution is 2.58. The van der Waals surface area contributed by atoms with E-state index in [0.717, 1.165) is 56.4 Å². The predicted octanol–water partition coefficient (Wildman–Crippen LogP) is 3.42. The fourth-order valence-electron chi connectivity index (χ4n) is 4.70. The minimum absolute atomic E-state index is 0. The second kappa shape index (κ2) is 8.19. The summed E-state index contributed by atoms with van der Waals surface area (Å²) in [7, 11) is 0. The van der Waals surface area contributed by atoms with E-state index in [-0.39, 0.29) is 35.6 Å². The molecule has 1 aliphatic heterocycles. The predicted molar refractivity (Wildman–Crippen MR) is 109 cm³/mol. The molecule has 5 nitrogen and oxygen atoms in total. The van der Waals surface area contributed by atoms with Crippen LogP contribution >= 0.6 is 12.4 Å². The van der Waals surface area contributed by atoms with Gasteiger partial charge in [-0.3, -0.25) is 9.59 Å². The standard InChI is InChI=1S/C21H29N3O2.ClH/c1-14-12-15(19(25)23-16-4-2-3-5-16)6-7-18(14)24-20(26)17-13-21(17)8-10-22-11-9-21;/h6-7,12,16-17,22H,2-5,8-11,13H2,1H3,(H,23,25)(H,24,26);1H. The lowest BCUT2D eigenvalue weighted by Gasteiger charge is -2.23. The first-order chi connectivity index (χ1) is 12.6. The van der Waals surface area contributed by atoms with E-state index in [2.05, 4.69) is 16.0 Å². The van der Waals surface area contributed by atoms with Gasteiger partial charge in [0.15, 0.2) is 0 Å². The number of piperidine rings is 1. The summed E-state index contributed by atoms with van der Waals surface area (Å²) in [4.78, 5) is 25.0. The van der Waals surface area contributed by atoms with Gasteiger partial charge in [0.25, 0.3) is 5.91 Å². The van der Waals surface area contributed by atoms with E-state index in [1.54, 1.807) is 0 Å². The quantitative estimate of drug-likeness (QED) is 0.736. The molecule has 2 aliphatic carbocycles. The van der Waals surface area contributed by atoms with Crippen LogP contribution < -0.4 is 16.0 Å². The number of benzene rings is 1. The van der Waals surface area contributed by atoms with E-state index in [1.165, 1.54) is 12.8 Å². The van der Waals surface area contributed by atoms with Gasteiger partial charge in [-0.15, -0.1) is 12.4 Å². The van der Waals surface area contributed by atoms with E-state index in [1.807, 2.05) is 25.1 Å². The van der Waals surface area contributed by atoms with Crippen LogP contribution in [-0.4, -0.2) is 30.9 Å². The summed E-state index contributed by atoms with van der Waals surface area (Å²) < 4.78 is 0. The Labute approximate surface area is 167 Å². The van der Waals surface area contributed by atoms with E-state index in [0.29, 0.717) is 11.6 Å². The Morgan fingerprint density at radius 1 is 1.15 bits per heavy atom. The van der Waals surface area contributed by atoms with Gasteiger partial charge in [-0.25, -0.2) is 0 Å². The first-order valence-corrected chi connectivity index (χ1v) is 10.0. The molecule has 2 saturated carbocycles. The van der Waals surface area contributed by atoms with Crippen LogP contribution in [0.5, 0.6) is 0 Å². The van der Waals surface area contributed by atoms with Gasteiger partial charge in [0.05, 0.1) is 0 Å². The number of hydrogen-bond donors (Lipinski definition) is 3. The molecule has 1 atom stereocenters. The monoisotopic (exact) mass is 391 g/mol. The van der Waals surface area contributed by atoms with Crippen molar-refractivity contribution in [3.63, 3.8) is 0 Å². The van der Waals surface area contributed by atoms with Crippen molar-refractivity contribution < 1.29 is 9.59 Å². The second-order valence-corrected chi connectivity index (χ2v) is 8.34. The molecule has 3 aliphatic rings. The summed E-state index contributed by atoms with van der Waals surface area (Å²) in [5.74, 6) is 0.279. The van der Waals surface area contributed by atoms with Gasteiger partial charge in [0.2, 0.25) is 5.91 Å². The van der Waals surface area contributed by atoms with Crippen LogP contribution in [0.4, 0.5) is 5.69 Å². The van der Waals surface area contributed by atoms with Crippen molar-refractivity contribution >= 4 is 29.9 Å². The number of halogens is 1. The molecular weight excluding hydrogens is 362 g/mol. The summed E-state index contributed by atoms with van der Waals surface area (Å²) in [6.07, 6.45) is 7.78. The Kier molecular flexibility index (Phi) is 6.11. The molecule has 6 heteroatoms. The number of rotatable bonds is 4. The van der Waals surface area contributed by atoms with Crippen molar-refractivity contribution in [2.24, 2.45) is 11.3 Å². The molecule has 1 heterocycles. The summed E-state index contributed by atoms with van der Waals surface area (Å²) in [5, 5.41) is 9.58. The molecule has 1 aromatic carbocycles. The highest BCUT2D eigenvalue weighted by molar-refractivity contribution is 5.98. The molecule has 0 aromatic heterocycles. The van der Waals surface area contributed by atoms with E-state index < -0.39 is 0 Å². The molecule has 1 unspecified atom stereocenters. The van der Waals surface area contributed by atoms with Gasteiger partial charge in [0, 0.05) is 23.2 Å². The van der Waals surface area contributed by atoms with Gasteiger partial charge >= 0.3 is 0 Å². The zero-order valence-corrected chi connectivity index (χ0v) is 16.8. The summed E-state index contributed by atoms with van der Waals surface area (Å²) in [6.45, 7) is 4.00. The average molecular weight is 392 g/mol. The first kappa shape index (κ1) is 20.2. The van der Waals surface area contributed by atoms with Crippen molar-refractivity contribution in [2.75, 3.05) is 18.4 Å². The van der Waals surface area contributed by atoms with Crippen LogP contribution in [0, 0.1) is 18.3 Å². The van der Waals surface area contributed by atoms with Crippen LogP contribution in [0.2, 0.25) is 0 Å². The zero-order chi connectivity index (χ0) is 18.1. The third-order valence-corrected chi connectivity index (χ3v) is 6.54. The molecule has 3 N–H and O–H groups in total. The average Bonchev–Trinajstić information content (AvgIpc) is 3.08. The number of carbonyl (C=O) groups excluding carboxylic acids is 2. The van der Waals surface area contributed by atoms with Crippen molar-refractivity contribution in [1.82, 2.24) is 10.6 Å². The number of aryl methyl sites for hydroxylation is 1. The maximum absolute atomic E-state index is 12.6. The lowest BCUT2D eigenvalue weighted by Crippen LogP contribution is -2.32. The summed E-state index contributed by atoms with van der Waals surface area (Å²) in [6, 6.07) is 5.89. The van der Waals surface area contributed by atoms with Crippen LogP contribution in [0.15, 0.2) is 18.2 Å². The van der Waals surface area contributed by atoms with Gasteiger partial charge < -0.3 is 16.0 Å². The van der Waals surface area contributed by atoms with Crippen LogP contribution in [0.3, 0.4) is 0 Å². The van der Waals surface area contributed by atoms with E-state index >= 15 is 0 Å².